The molecule has 2 rings (SSSR count). The highest BCUT2D eigenvalue weighted by Gasteiger charge is 2.33. The SMILES string of the molecule is COc1ccccc1-c1ccc(CN)c(C(F)(F)F)c1. The van der Waals surface area contributed by atoms with Gasteiger partial charge in [0, 0.05) is 12.1 Å². The van der Waals surface area contributed by atoms with E-state index in [-0.39, 0.29) is 12.1 Å². The molecule has 0 fully saturated rings. The Morgan fingerprint density at radius 1 is 1.10 bits per heavy atom. The molecule has 2 aromatic rings. The summed E-state index contributed by atoms with van der Waals surface area (Å²) in [6.45, 7) is -0.152. The van der Waals surface area contributed by atoms with Gasteiger partial charge < -0.3 is 10.5 Å². The molecule has 2 N–H and O–H groups in total. The Morgan fingerprint density at radius 3 is 2.40 bits per heavy atom. The molecule has 0 atom stereocenters. The van der Waals surface area contributed by atoms with Crippen LogP contribution in [0.15, 0.2) is 42.5 Å². The number of ether oxygens (including phenoxy) is 1. The van der Waals surface area contributed by atoms with Crippen LogP contribution < -0.4 is 10.5 Å². The molecule has 0 aromatic heterocycles. The van der Waals surface area contributed by atoms with E-state index in [9.17, 15) is 13.2 Å². The third-order valence-electron chi connectivity index (χ3n) is 3.05. The Balaban J connectivity index is 2.59. The minimum atomic E-state index is -4.42. The highest BCUT2D eigenvalue weighted by atomic mass is 19.4. The van der Waals surface area contributed by atoms with Crippen molar-refractivity contribution in [3.05, 3.63) is 53.6 Å². The number of hydrogen-bond donors (Lipinski definition) is 1. The summed E-state index contributed by atoms with van der Waals surface area (Å²) in [4.78, 5) is 0. The fraction of sp³-hybridized carbons (Fsp3) is 0.200. The van der Waals surface area contributed by atoms with E-state index >= 15 is 0 Å². The van der Waals surface area contributed by atoms with Crippen molar-refractivity contribution in [1.82, 2.24) is 0 Å². The van der Waals surface area contributed by atoms with Crippen molar-refractivity contribution < 1.29 is 17.9 Å². The Morgan fingerprint density at radius 2 is 1.80 bits per heavy atom. The molecule has 0 unspecified atom stereocenters. The van der Waals surface area contributed by atoms with Gasteiger partial charge in [-0.3, -0.25) is 0 Å². The van der Waals surface area contributed by atoms with Crippen molar-refractivity contribution in [2.45, 2.75) is 12.7 Å². The fourth-order valence-corrected chi connectivity index (χ4v) is 2.07. The zero-order chi connectivity index (χ0) is 14.8. The number of nitrogens with two attached hydrogens (primary N) is 1. The summed E-state index contributed by atoms with van der Waals surface area (Å²) in [5.74, 6) is 0.529. The Kier molecular flexibility index (Phi) is 3.99. The van der Waals surface area contributed by atoms with Crippen LogP contribution in [0.2, 0.25) is 0 Å². The second kappa shape index (κ2) is 5.54. The molecule has 0 aliphatic heterocycles. The molecular formula is C15H14F3NO. The molecule has 0 heterocycles. The van der Waals surface area contributed by atoms with Crippen LogP contribution in [-0.4, -0.2) is 7.11 Å². The molecule has 2 nitrogen and oxygen atoms in total. The van der Waals surface area contributed by atoms with E-state index in [1.54, 1.807) is 30.3 Å². The van der Waals surface area contributed by atoms with Crippen LogP contribution in [0, 0.1) is 0 Å². The van der Waals surface area contributed by atoms with Gasteiger partial charge in [0.15, 0.2) is 0 Å². The molecule has 0 spiro atoms. The van der Waals surface area contributed by atoms with Crippen molar-refractivity contribution in [1.29, 1.82) is 0 Å². The lowest BCUT2D eigenvalue weighted by Crippen LogP contribution is -2.12. The lowest BCUT2D eigenvalue weighted by molar-refractivity contribution is -0.138. The highest BCUT2D eigenvalue weighted by Crippen LogP contribution is 2.37. The van der Waals surface area contributed by atoms with Crippen LogP contribution in [0.5, 0.6) is 5.75 Å². The Hall–Kier alpha value is -2.01. The average Bonchev–Trinajstić information content (AvgIpc) is 2.45. The summed E-state index contributed by atoms with van der Waals surface area (Å²) in [6.07, 6.45) is -4.42. The van der Waals surface area contributed by atoms with Gasteiger partial charge >= 0.3 is 6.18 Å². The molecule has 2 aromatic carbocycles. The molecule has 0 aliphatic carbocycles. The van der Waals surface area contributed by atoms with Gasteiger partial charge in [-0.05, 0) is 23.3 Å². The summed E-state index contributed by atoms with van der Waals surface area (Å²) in [5, 5.41) is 0. The minimum absolute atomic E-state index is 0.0798. The fourth-order valence-electron chi connectivity index (χ4n) is 2.07. The topological polar surface area (TPSA) is 35.2 Å². The molecule has 0 amide bonds. The van der Waals surface area contributed by atoms with Gasteiger partial charge in [-0.1, -0.05) is 30.3 Å². The van der Waals surface area contributed by atoms with Gasteiger partial charge in [0.2, 0.25) is 0 Å². The van der Waals surface area contributed by atoms with Crippen LogP contribution in [0.25, 0.3) is 11.1 Å². The van der Waals surface area contributed by atoms with E-state index in [4.69, 9.17) is 10.5 Å². The van der Waals surface area contributed by atoms with Crippen LogP contribution in [0.4, 0.5) is 13.2 Å². The van der Waals surface area contributed by atoms with Crippen molar-refractivity contribution in [2.75, 3.05) is 7.11 Å². The maximum absolute atomic E-state index is 13.0. The zero-order valence-corrected chi connectivity index (χ0v) is 10.9. The van der Waals surface area contributed by atoms with Gasteiger partial charge in [-0.15, -0.1) is 0 Å². The first kappa shape index (κ1) is 14.4. The van der Waals surface area contributed by atoms with E-state index in [2.05, 4.69) is 0 Å². The third kappa shape index (κ3) is 2.77. The summed E-state index contributed by atoms with van der Waals surface area (Å²) >= 11 is 0. The number of alkyl halides is 3. The number of rotatable bonds is 3. The predicted molar refractivity (Wildman–Crippen MR) is 71.3 cm³/mol. The first-order chi connectivity index (χ1) is 9.47. The lowest BCUT2D eigenvalue weighted by atomic mass is 9.98. The molecule has 106 valence electrons. The first-order valence-corrected chi connectivity index (χ1v) is 6.01. The molecule has 0 radical (unpaired) electrons. The maximum Gasteiger partial charge on any atom is 0.416 e. The number of halogens is 3. The number of hydrogen-bond acceptors (Lipinski definition) is 2. The molecule has 5 heteroatoms. The summed E-state index contributed by atoms with van der Waals surface area (Å²) in [5.41, 5.74) is 5.81. The lowest BCUT2D eigenvalue weighted by Gasteiger charge is -2.15. The summed E-state index contributed by atoms with van der Waals surface area (Å²) in [7, 11) is 1.48. The summed E-state index contributed by atoms with van der Waals surface area (Å²) in [6, 6.07) is 11.1. The molecule has 0 saturated heterocycles. The van der Waals surface area contributed by atoms with Crippen LogP contribution in [0.1, 0.15) is 11.1 Å². The molecule has 0 saturated carbocycles. The van der Waals surface area contributed by atoms with E-state index in [0.717, 1.165) is 6.07 Å². The second-order valence-electron chi connectivity index (χ2n) is 4.27. The monoisotopic (exact) mass is 281 g/mol. The standard InChI is InChI=1S/C15H14F3NO/c1-20-14-5-3-2-4-12(14)10-6-7-11(9-19)13(8-10)15(16,17)18/h2-8H,9,19H2,1H3. The highest BCUT2D eigenvalue weighted by molar-refractivity contribution is 5.71. The van der Waals surface area contributed by atoms with Crippen molar-refractivity contribution >= 4 is 0 Å². The van der Waals surface area contributed by atoms with Gasteiger partial charge in [0.1, 0.15) is 5.75 Å². The van der Waals surface area contributed by atoms with Crippen molar-refractivity contribution in [3.63, 3.8) is 0 Å². The van der Waals surface area contributed by atoms with Gasteiger partial charge in [0.25, 0.3) is 0 Å². The largest absolute Gasteiger partial charge is 0.496 e. The van der Waals surface area contributed by atoms with Crippen molar-refractivity contribution in [3.8, 4) is 16.9 Å². The van der Waals surface area contributed by atoms with Crippen LogP contribution >= 0.6 is 0 Å². The normalized spacial score (nSPS) is 11.4. The number of methoxy groups -OCH3 is 1. The van der Waals surface area contributed by atoms with E-state index in [1.807, 2.05) is 0 Å². The van der Waals surface area contributed by atoms with Gasteiger partial charge in [-0.25, -0.2) is 0 Å². The van der Waals surface area contributed by atoms with Gasteiger partial charge in [-0.2, -0.15) is 13.2 Å². The minimum Gasteiger partial charge on any atom is -0.496 e. The quantitative estimate of drug-likeness (QED) is 0.927. The molecule has 20 heavy (non-hydrogen) atoms. The Bertz CT molecular complexity index is 608. The van der Waals surface area contributed by atoms with E-state index in [0.29, 0.717) is 16.9 Å². The molecular weight excluding hydrogens is 267 g/mol. The van der Waals surface area contributed by atoms with Crippen LogP contribution in [0.3, 0.4) is 0 Å². The molecule has 0 aliphatic rings. The van der Waals surface area contributed by atoms with Gasteiger partial charge in [0.05, 0.1) is 12.7 Å². The van der Waals surface area contributed by atoms with Crippen molar-refractivity contribution in [2.24, 2.45) is 5.73 Å². The Labute approximate surface area is 115 Å². The third-order valence-corrected chi connectivity index (χ3v) is 3.05. The summed E-state index contributed by atoms with van der Waals surface area (Å²) < 4.78 is 44.3. The van der Waals surface area contributed by atoms with E-state index in [1.165, 1.54) is 13.2 Å². The van der Waals surface area contributed by atoms with Crippen LogP contribution in [-0.2, 0) is 12.7 Å². The second-order valence-corrected chi connectivity index (χ2v) is 4.27. The molecule has 0 bridgehead atoms. The number of para-hydroxylation sites is 1. The predicted octanol–water partition coefficient (Wildman–Crippen LogP) is 3.84. The van der Waals surface area contributed by atoms with E-state index < -0.39 is 11.7 Å². The zero-order valence-electron chi connectivity index (χ0n) is 10.9. The smallest absolute Gasteiger partial charge is 0.416 e. The first-order valence-electron chi connectivity index (χ1n) is 6.01. The number of benzene rings is 2. The maximum atomic E-state index is 13.0. The average molecular weight is 281 g/mol.